The molecule has 1 saturated heterocycles. The number of guanidine groups is 1. The predicted octanol–water partition coefficient (Wildman–Crippen LogP) is 2.25. The SMILES string of the molecule is CCN1CCC(CCNC(=NC)NC(C)Cc2c(C)nn(C)c2C)CC1. The summed E-state index contributed by atoms with van der Waals surface area (Å²) in [5, 5.41) is 11.5. The molecule has 1 aliphatic rings. The molecular formula is C20H38N6. The smallest absolute Gasteiger partial charge is 0.191 e. The number of hydrogen-bond acceptors (Lipinski definition) is 3. The first-order valence-electron chi connectivity index (χ1n) is 10.1. The maximum absolute atomic E-state index is 4.52. The molecule has 0 amide bonds. The lowest BCUT2D eigenvalue weighted by atomic mass is 9.93. The van der Waals surface area contributed by atoms with E-state index >= 15 is 0 Å². The van der Waals surface area contributed by atoms with Crippen molar-refractivity contribution in [3.05, 3.63) is 17.0 Å². The summed E-state index contributed by atoms with van der Waals surface area (Å²) in [6.45, 7) is 13.4. The van der Waals surface area contributed by atoms with E-state index in [4.69, 9.17) is 0 Å². The predicted molar refractivity (Wildman–Crippen MR) is 110 cm³/mol. The van der Waals surface area contributed by atoms with Crippen molar-refractivity contribution in [2.45, 2.75) is 59.4 Å². The molecule has 6 nitrogen and oxygen atoms in total. The van der Waals surface area contributed by atoms with Gasteiger partial charge >= 0.3 is 0 Å². The molecule has 6 heteroatoms. The fraction of sp³-hybridized carbons (Fsp3) is 0.800. The molecule has 0 aromatic carbocycles. The Labute approximate surface area is 159 Å². The van der Waals surface area contributed by atoms with Crippen LogP contribution < -0.4 is 10.6 Å². The second kappa shape index (κ2) is 9.95. The fourth-order valence-electron chi connectivity index (χ4n) is 3.88. The van der Waals surface area contributed by atoms with Crippen molar-refractivity contribution >= 4 is 5.96 Å². The molecule has 0 radical (unpaired) electrons. The number of hydrogen-bond donors (Lipinski definition) is 2. The molecule has 2 N–H and O–H groups in total. The quantitative estimate of drug-likeness (QED) is 0.577. The van der Waals surface area contributed by atoms with E-state index in [1.165, 1.54) is 50.2 Å². The van der Waals surface area contributed by atoms with E-state index in [-0.39, 0.29) is 0 Å². The van der Waals surface area contributed by atoms with Crippen molar-refractivity contribution < 1.29 is 0 Å². The minimum Gasteiger partial charge on any atom is -0.356 e. The van der Waals surface area contributed by atoms with Crippen LogP contribution >= 0.6 is 0 Å². The number of nitrogens with zero attached hydrogens (tertiary/aromatic N) is 4. The summed E-state index contributed by atoms with van der Waals surface area (Å²) in [5.41, 5.74) is 3.71. The van der Waals surface area contributed by atoms with Gasteiger partial charge in [0.1, 0.15) is 0 Å². The topological polar surface area (TPSA) is 57.5 Å². The van der Waals surface area contributed by atoms with E-state index in [2.05, 4.69) is 53.3 Å². The van der Waals surface area contributed by atoms with Crippen molar-refractivity contribution in [2.24, 2.45) is 18.0 Å². The van der Waals surface area contributed by atoms with Gasteiger partial charge in [0.15, 0.2) is 5.96 Å². The highest BCUT2D eigenvalue weighted by Crippen LogP contribution is 2.19. The molecule has 1 aliphatic heterocycles. The molecule has 148 valence electrons. The summed E-state index contributed by atoms with van der Waals surface area (Å²) < 4.78 is 1.97. The molecule has 1 fully saturated rings. The van der Waals surface area contributed by atoms with Crippen molar-refractivity contribution in [1.82, 2.24) is 25.3 Å². The highest BCUT2D eigenvalue weighted by atomic mass is 15.3. The first-order valence-corrected chi connectivity index (χ1v) is 10.1. The summed E-state index contributed by atoms with van der Waals surface area (Å²) in [7, 11) is 3.86. The van der Waals surface area contributed by atoms with Crippen LogP contribution in [0.5, 0.6) is 0 Å². The molecule has 1 aromatic rings. The summed E-state index contributed by atoms with van der Waals surface area (Å²) in [5.74, 6) is 1.75. The van der Waals surface area contributed by atoms with E-state index in [0.29, 0.717) is 6.04 Å². The number of rotatable bonds is 7. The third-order valence-electron chi connectivity index (χ3n) is 5.78. The minimum atomic E-state index is 0.315. The van der Waals surface area contributed by atoms with Gasteiger partial charge in [-0.25, -0.2) is 0 Å². The number of likely N-dealkylation sites (tertiary alicyclic amines) is 1. The lowest BCUT2D eigenvalue weighted by Gasteiger charge is -2.31. The molecule has 0 saturated carbocycles. The van der Waals surface area contributed by atoms with Crippen molar-refractivity contribution in [3.8, 4) is 0 Å². The second-order valence-corrected chi connectivity index (χ2v) is 7.69. The maximum atomic E-state index is 4.52. The van der Waals surface area contributed by atoms with Gasteiger partial charge < -0.3 is 15.5 Å². The standard InChI is InChI=1S/C20H38N6/c1-7-26-12-9-18(10-13-26)8-11-22-20(21-5)23-15(2)14-19-16(3)24-25(6)17(19)4/h15,18H,7-14H2,1-6H3,(H2,21,22,23). The molecule has 1 atom stereocenters. The highest BCUT2D eigenvalue weighted by Gasteiger charge is 2.18. The van der Waals surface area contributed by atoms with Gasteiger partial charge in [0, 0.05) is 32.4 Å². The summed E-state index contributed by atoms with van der Waals surface area (Å²) in [6, 6.07) is 0.315. The molecule has 1 unspecified atom stereocenters. The Bertz CT molecular complexity index is 583. The third kappa shape index (κ3) is 5.73. The van der Waals surface area contributed by atoms with Crippen LogP contribution in [0.1, 0.15) is 50.1 Å². The van der Waals surface area contributed by atoms with Crippen LogP contribution in [0.4, 0.5) is 0 Å². The number of aryl methyl sites for hydroxylation is 2. The van der Waals surface area contributed by atoms with Crippen LogP contribution in [0.25, 0.3) is 0 Å². The molecule has 26 heavy (non-hydrogen) atoms. The normalized spacial score (nSPS) is 18.2. The van der Waals surface area contributed by atoms with Gasteiger partial charge in [-0.3, -0.25) is 9.67 Å². The molecule has 2 rings (SSSR count). The second-order valence-electron chi connectivity index (χ2n) is 7.69. The van der Waals surface area contributed by atoms with Crippen LogP contribution in [-0.4, -0.2) is 59.9 Å². The molecule has 0 bridgehead atoms. The zero-order chi connectivity index (χ0) is 19.1. The van der Waals surface area contributed by atoms with E-state index in [0.717, 1.165) is 30.5 Å². The highest BCUT2D eigenvalue weighted by molar-refractivity contribution is 5.79. The van der Waals surface area contributed by atoms with Crippen molar-refractivity contribution in [1.29, 1.82) is 0 Å². The maximum Gasteiger partial charge on any atom is 0.191 e. The van der Waals surface area contributed by atoms with E-state index in [9.17, 15) is 0 Å². The molecule has 0 spiro atoms. The van der Waals surface area contributed by atoms with Gasteiger partial charge in [0.2, 0.25) is 0 Å². The van der Waals surface area contributed by atoms with Gasteiger partial charge in [0.05, 0.1) is 5.69 Å². The zero-order valence-electron chi connectivity index (χ0n) is 17.6. The van der Waals surface area contributed by atoms with Crippen LogP contribution in [0.2, 0.25) is 0 Å². The average Bonchev–Trinajstić information content (AvgIpc) is 2.87. The number of aliphatic imine (C=N–C) groups is 1. The Kier molecular flexibility index (Phi) is 7.94. The number of piperidine rings is 1. The average molecular weight is 363 g/mol. The van der Waals surface area contributed by atoms with Gasteiger partial charge in [0.25, 0.3) is 0 Å². The number of nitrogens with one attached hydrogen (secondary N) is 2. The van der Waals surface area contributed by atoms with Crippen LogP contribution in [-0.2, 0) is 13.5 Å². The minimum absolute atomic E-state index is 0.315. The van der Waals surface area contributed by atoms with E-state index in [1.807, 2.05) is 18.8 Å². The van der Waals surface area contributed by atoms with Crippen molar-refractivity contribution in [3.63, 3.8) is 0 Å². The monoisotopic (exact) mass is 362 g/mol. The first-order chi connectivity index (χ1) is 12.4. The van der Waals surface area contributed by atoms with Gasteiger partial charge in [-0.05, 0) is 77.6 Å². The lowest BCUT2D eigenvalue weighted by Crippen LogP contribution is -2.44. The molecule has 1 aromatic heterocycles. The Morgan fingerprint density at radius 3 is 2.54 bits per heavy atom. The summed E-state index contributed by atoms with van der Waals surface area (Å²) >= 11 is 0. The fourth-order valence-corrected chi connectivity index (χ4v) is 3.88. The molecule has 0 aliphatic carbocycles. The van der Waals surface area contributed by atoms with E-state index in [1.54, 1.807) is 0 Å². The largest absolute Gasteiger partial charge is 0.356 e. The third-order valence-corrected chi connectivity index (χ3v) is 5.78. The Morgan fingerprint density at radius 2 is 2.00 bits per heavy atom. The zero-order valence-corrected chi connectivity index (χ0v) is 17.6. The number of aromatic nitrogens is 2. The lowest BCUT2D eigenvalue weighted by molar-refractivity contribution is 0.187. The Morgan fingerprint density at radius 1 is 1.31 bits per heavy atom. The van der Waals surface area contributed by atoms with Crippen molar-refractivity contribution in [2.75, 3.05) is 33.2 Å². The van der Waals surface area contributed by atoms with E-state index < -0.39 is 0 Å². The summed E-state index contributed by atoms with van der Waals surface area (Å²) in [4.78, 5) is 6.94. The van der Waals surface area contributed by atoms with Gasteiger partial charge in [-0.15, -0.1) is 0 Å². The summed E-state index contributed by atoms with van der Waals surface area (Å²) in [6.07, 6.45) is 4.85. The van der Waals surface area contributed by atoms with Gasteiger partial charge in [-0.2, -0.15) is 5.10 Å². The molecule has 2 heterocycles. The Balaban J connectivity index is 1.73. The first kappa shape index (κ1) is 20.7. The van der Waals surface area contributed by atoms with Crippen LogP contribution in [0.3, 0.4) is 0 Å². The van der Waals surface area contributed by atoms with Gasteiger partial charge in [-0.1, -0.05) is 6.92 Å². The Hall–Kier alpha value is -1.56. The molecular weight excluding hydrogens is 324 g/mol. The van der Waals surface area contributed by atoms with Crippen LogP contribution in [0, 0.1) is 19.8 Å². The van der Waals surface area contributed by atoms with Crippen LogP contribution in [0.15, 0.2) is 4.99 Å².